The van der Waals surface area contributed by atoms with Crippen LogP contribution in [0.15, 0.2) is 0 Å². The topological polar surface area (TPSA) is 38.3 Å². The molecule has 0 radical (unpaired) electrons. The fourth-order valence-electron chi connectivity index (χ4n) is 0.690. The number of amides is 1. The molecule has 10 heavy (non-hydrogen) atoms. The lowest BCUT2D eigenvalue weighted by Gasteiger charge is -2.26. The molecule has 0 saturated carbocycles. The first-order chi connectivity index (χ1) is 4.83. The Morgan fingerprint density at radius 3 is 2.90 bits per heavy atom. The first kappa shape index (κ1) is 7.10. The molecule has 1 saturated heterocycles. The SMILES string of the molecule is C#CCC(=O)NC1COC1. The first-order valence-electron chi connectivity index (χ1n) is 3.13. The molecule has 0 bridgehead atoms. The van der Waals surface area contributed by atoms with Crippen LogP contribution in [-0.4, -0.2) is 25.2 Å². The van der Waals surface area contributed by atoms with Gasteiger partial charge in [-0.05, 0) is 0 Å². The maximum atomic E-state index is 10.7. The van der Waals surface area contributed by atoms with E-state index in [2.05, 4.69) is 11.2 Å². The van der Waals surface area contributed by atoms with Crippen molar-refractivity contribution in [3.8, 4) is 12.3 Å². The van der Waals surface area contributed by atoms with Crippen molar-refractivity contribution in [3.63, 3.8) is 0 Å². The predicted octanol–water partition coefficient (Wildman–Crippen LogP) is -0.475. The highest BCUT2D eigenvalue weighted by atomic mass is 16.5. The van der Waals surface area contributed by atoms with E-state index in [9.17, 15) is 4.79 Å². The predicted molar refractivity (Wildman–Crippen MR) is 36.2 cm³/mol. The van der Waals surface area contributed by atoms with E-state index in [1.807, 2.05) is 0 Å². The van der Waals surface area contributed by atoms with Crippen molar-refractivity contribution in [2.75, 3.05) is 13.2 Å². The number of ether oxygens (including phenoxy) is 1. The number of carbonyl (C=O) groups excluding carboxylic acids is 1. The molecule has 0 aliphatic carbocycles. The van der Waals surface area contributed by atoms with Gasteiger partial charge in [0.15, 0.2) is 0 Å². The van der Waals surface area contributed by atoms with Gasteiger partial charge >= 0.3 is 0 Å². The van der Waals surface area contributed by atoms with Gasteiger partial charge in [0.25, 0.3) is 0 Å². The highest BCUT2D eigenvalue weighted by Gasteiger charge is 2.19. The van der Waals surface area contributed by atoms with Crippen LogP contribution in [0.5, 0.6) is 0 Å². The molecule has 0 unspecified atom stereocenters. The monoisotopic (exact) mass is 139 g/mol. The van der Waals surface area contributed by atoms with Gasteiger partial charge in [0.2, 0.25) is 5.91 Å². The Hall–Kier alpha value is -1.01. The zero-order valence-electron chi connectivity index (χ0n) is 5.59. The van der Waals surface area contributed by atoms with Gasteiger partial charge in [0, 0.05) is 0 Å². The van der Waals surface area contributed by atoms with Crippen LogP contribution in [0.3, 0.4) is 0 Å². The van der Waals surface area contributed by atoms with Crippen molar-refractivity contribution >= 4 is 5.91 Å². The van der Waals surface area contributed by atoms with E-state index in [1.165, 1.54) is 0 Å². The van der Waals surface area contributed by atoms with Crippen molar-refractivity contribution in [1.82, 2.24) is 5.32 Å². The van der Waals surface area contributed by atoms with E-state index in [1.54, 1.807) is 0 Å². The van der Waals surface area contributed by atoms with Crippen molar-refractivity contribution in [3.05, 3.63) is 0 Å². The number of carbonyl (C=O) groups is 1. The van der Waals surface area contributed by atoms with Crippen LogP contribution in [0.4, 0.5) is 0 Å². The zero-order chi connectivity index (χ0) is 7.40. The van der Waals surface area contributed by atoms with Gasteiger partial charge in [-0.3, -0.25) is 4.79 Å². The van der Waals surface area contributed by atoms with E-state index >= 15 is 0 Å². The van der Waals surface area contributed by atoms with Crippen LogP contribution >= 0.6 is 0 Å². The standard InChI is InChI=1S/C7H9NO2/c1-2-3-7(9)8-6-4-10-5-6/h1,6H,3-5H2,(H,8,9). The summed E-state index contributed by atoms with van der Waals surface area (Å²) in [4.78, 5) is 10.7. The summed E-state index contributed by atoms with van der Waals surface area (Å²) < 4.78 is 4.85. The fraction of sp³-hybridized carbons (Fsp3) is 0.571. The molecule has 1 rings (SSSR count). The molecule has 3 nitrogen and oxygen atoms in total. The molecule has 1 amide bonds. The van der Waals surface area contributed by atoms with Crippen LogP contribution < -0.4 is 5.32 Å². The summed E-state index contributed by atoms with van der Waals surface area (Å²) in [7, 11) is 0. The molecule has 1 heterocycles. The van der Waals surface area contributed by atoms with Gasteiger partial charge in [0.1, 0.15) is 0 Å². The van der Waals surface area contributed by atoms with Crippen LogP contribution in [0, 0.1) is 12.3 Å². The van der Waals surface area contributed by atoms with E-state index in [0.717, 1.165) is 0 Å². The lowest BCUT2D eigenvalue weighted by atomic mass is 10.2. The smallest absolute Gasteiger partial charge is 0.232 e. The highest BCUT2D eigenvalue weighted by Crippen LogP contribution is 1.98. The summed E-state index contributed by atoms with van der Waals surface area (Å²) in [6.07, 6.45) is 5.09. The van der Waals surface area contributed by atoms with Crippen molar-refractivity contribution < 1.29 is 9.53 Å². The molecular formula is C7H9NO2. The molecule has 0 spiro atoms. The number of nitrogens with one attached hydrogen (secondary N) is 1. The van der Waals surface area contributed by atoms with Crippen LogP contribution in [0.1, 0.15) is 6.42 Å². The third-order valence-electron chi connectivity index (χ3n) is 1.27. The third-order valence-corrected chi connectivity index (χ3v) is 1.27. The molecule has 3 heteroatoms. The van der Waals surface area contributed by atoms with Crippen LogP contribution in [-0.2, 0) is 9.53 Å². The lowest BCUT2D eigenvalue weighted by molar-refractivity contribution is -0.124. The second kappa shape index (κ2) is 3.23. The van der Waals surface area contributed by atoms with E-state index in [4.69, 9.17) is 11.2 Å². The minimum Gasteiger partial charge on any atom is -0.377 e. The van der Waals surface area contributed by atoms with E-state index in [0.29, 0.717) is 13.2 Å². The second-order valence-electron chi connectivity index (χ2n) is 2.18. The van der Waals surface area contributed by atoms with Crippen molar-refractivity contribution in [2.45, 2.75) is 12.5 Å². The van der Waals surface area contributed by atoms with Crippen molar-refractivity contribution in [2.24, 2.45) is 0 Å². The normalized spacial score (nSPS) is 17.1. The maximum Gasteiger partial charge on any atom is 0.232 e. The van der Waals surface area contributed by atoms with Gasteiger partial charge in [-0.15, -0.1) is 6.42 Å². The van der Waals surface area contributed by atoms with Crippen molar-refractivity contribution in [1.29, 1.82) is 0 Å². The first-order valence-corrected chi connectivity index (χ1v) is 3.13. The van der Waals surface area contributed by atoms with E-state index in [-0.39, 0.29) is 18.4 Å². The lowest BCUT2D eigenvalue weighted by Crippen LogP contribution is -2.48. The summed E-state index contributed by atoms with van der Waals surface area (Å²) in [6.45, 7) is 1.24. The largest absolute Gasteiger partial charge is 0.377 e. The Bertz CT molecular complexity index is 167. The number of hydrogen-bond donors (Lipinski definition) is 1. The van der Waals surface area contributed by atoms with Gasteiger partial charge in [-0.25, -0.2) is 0 Å². The Morgan fingerprint density at radius 2 is 2.50 bits per heavy atom. The molecule has 1 aliphatic rings. The van der Waals surface area contributed by atoms with E-state index < -0.39 is 0 Å². The van der Waals surface area contributed by atoms with Crippen LogP contribution in [0.2, 0.25) is 0 Å². The number of terminal acetylenes is 1. The Balaban J connectivity index is 2.12. The average molecular weight is 139 g/mol. The number of rotatable bonds is 2. The summed E-state index contributed by atoms with van der Waals surface area (Å²) in [6, 6.07) is 0.195. The average Bonchev–Trinajstić information content (AvgIpc) is 1.80. The Morgan fingerprint density at radius 1 is 1.80 bits per heavy atom. The second-order valence-corrected chi connectivity index (χ2v) is 2.18. The summed E-state index contributed by atoms with van der Waals surface area (Å²) in [5.74, 6) is 2.18. The summed E-state index contributed by atoms with van der Waals surface area (Å²) in [5, 5.41) is 2.71. The highest BCUT2D eigenvalue weighted by molar-refractivity contribution is 5.78. The van der Waals surface area contributed by atoms with Gasteiger partial charge in [-0.1, -0.05) is 5.92 Å². The van der Waals surface area contributed by atoms with Crippen LogP contribution in [0.25, 0.3) is 0 Å². The quantitative estimate of drug-likeness (QED) is 0.525. The molecule has 1 aliphatic heterocycles. The summed E-state index contributed by atoms with van der Waals surface area (Å²) >= 11 is 0. The van der Waals surface area contributed by atoms with Gasteiger partial charge in [0.05, 0.1) is 25.7 Å². The molecule has 1 fully saturated rings. The molecule has 1 N–H and O–H groups in total. The molecule has 0 aromatic rings. The number of hydrogen-bond acceptors (Lipinski definition) is 2. The third kappa shape index (κ3) is 1.74. The minimum absolute atomic E-state index is 0.0872. The Labute approximate surface area is 59.7 Å². The molecule has 0 atom stereocenters. The zero-order valence-corrected chi connectivity index (χ0v) is 5.59. The molecule has 54 valence electrons. The molecule has 0 aromatic heterocycles. The van der Waals surface area contributed by atoms with Gasteiger partial charge < -0.3 is 10.1 Å². The molecule has 0 aromatic carbocycles. The Kier molecular flexibility index (Phi) is 2.30. The minimum atomic E-state index is -0.0872. The fourth-order valence-corrected chi connectivity index (χ4v) is 0.690. The van der Waals surface area contributed by atoms with Gasteiger partial charge in [-0.2, -0.15) is 0 Å². The summed E-state index contributed by atoms with van der Waals surface area (Å²) in [5.41, 5.74) is 0. The maximum absolute atomic E-state index is 10.7. The molecular weight excluding hydrogens is 130 g/mol.